The molecule has 2 N–H and O–H groups in total. The van der Waals surface area contributed by atoms with Gasteiger partial charge in [0.25, 0.3) is 5.91 Å². The number of aromatic nitrogens is 3. The third kappa shape index (κ3) is 3.00. The zero-order chi connectivity index (χ0) is 20.3. The molecule has 0 spiro atoms. The number of nitrogens with zero attached hydrogens (tertiary/aromatic N) is 3. The van der Waals surface area contributed by atoms with Crippen LogP contribution in [0.2, 0.25) is 0 Å². The molecule has 1 aliphatic carbocycles. The molecule has 3 heterocycles. The zero-order valence-corrected chi connectivity index (χ0v) is 16.0. The van der Waals surface area contributed by atoms with Crippen molar-refractivity contribution in [3.05, 3.63) is 35.5 Å². The van der Waals surface area contributed by atoms with Crippen molar-refractivity contribution in [1.29, 1.82) is 0 Å². The monoisotopic (exact) mass is 391 g/mol. The summed E-state index contributed by atoms with van der Waals surface area (Å²) in [5, 5.41) is 25.8. The molecule has 0 bridgehead atoms. The number of aliphatic hydroxyl groups is 2. The molecule has 6 nitrogen and oxygen atoms in total. The van der Waals surface area contributed by atoms with Crippen molar-refractivity contribution in [1.82, 2.24) is 14.7 Å². The minimum atomic E-state index is -2.74. The molecular formula is C20H23F2N3O3. The number of fused-ring (bicyclic) bond motifs is 1. The van der Waals surface area contributed by atoms with Crippen LogP contribution in [0, 0.1) is 26.7 Å². The van der Waals surface area contributed by atoms with Gasteiger partial charge in [0.05, 0.1) is 16.7 Å². The Bertz CT molecular complexity index is 1010. The van der Waals surface area contributed by atoms with Crippen LogP contribution in [0.3, 0.4) is 0 Å². The average molecular weight is 391 g/mol. The fourth-order valence-corrected chi connectivity index (χ4v) is 4.19. The normalized spacial score (nSPS) is 18.1. The van der Waals surface area contributed by atoms with Crippen molar-refractivity contribution in [3.63, 3.8) is 0 Å². The Balaban J connectivity index is 1.80. The summed E-state index contributed by atoms with van der Waals surface area (Å²) in [6.45, 7) is 5.45. The van der Waals surface area contributed by atoms with Gasteiger partial charge >= 0.3 is 0 Å². The SMILES string of the molecule is Cc1noc(C)c1-c1cnc2c(C)cn(C(O)(O)C3CCC(F)(F)CC3)c2c1. The summed E-state index contributed by atoms with van der Waals surface area (Å²) in [7, 11) is 0. The van der Waals surface area contributed by atoms with Gasteiger partial charge in [0, 0.05) is 42.3 Å². The van der Waals surface area contributed by atoms with Gasteiger partial charge in [-0.1, -0.05) is 5.16 Å². The Kier molecular flexibility index (Phi) is 4.31. The van der Waals surface area contributed by atoms with Crippen LogP contribution in [0.25, 0.3) is 22.2 Å². The van der Waals surface area contributed by atoms with E-state index >= 15 is 0 Å². The van der Waals surface area contributed by atoms with Crippen LogP contribution in [0.1, 0.15) is 42.7 Å². The molecule has 0 aliphatic heterocycles. The molecule has 0 atom stereocenters. The highest BCUT2D eigenvalue weighted by Crippen LogP contribution is 2.43. The maximum Gasteiger partial charge on any atom is 0.253 e. The van der Waals surface area contributed by atoms with E-state index in [1.807, 2.05) is 13.8 Å². The lowest BCUT2D eigenvalue weighted by atomic mass is 9.84. The Morgan fingerprint density at radius 3 is 2.50 bits per heavy atom. The van der Waals surface area contributed by atoms with E-state index in [1.165, 1.54) is 4.57 Å². The van der Waals surface area contributed by atoms with Crippen LogP contribution in [0.4, 0.5) is 8.78 Å². The lowest BCUT2D eigenvalue weighted by molar-refractivity contribution is -0.275. The molecule has 28 heavy (non-hydrogen) atoms. The lowest BCUT2D eigenvalue weighted by Gasteiger charge is -2.37. The van der Waals surface area contributed by atoms with Gasteiger partial charge < -0.3 is 14.7 Å². The first-order valence-corrected chi connectivity index (χ1v) is 9.34. The third-order valence-corrected chi connectivity index (χ3v) is 5.76. The smallest absolute Gasteiger partial charge is 0.253 e. The van der Waals surface area contributed by atoms with Crippen LogP contribution < -0.4 is 0 Å². The second-order valence-corrected chi connectivity index (χ2v) is 7.79. The molecule has 0 unspecified atom stereocenters. The van der Waals surface area contributed by atoms with Crippen LogP contribution in [-0.2, 0) is 5.91 Å². The largest absolute Gasteiger partial charge is 0.361 e. The van der Waals surface area contributed by atoms with Gasteiger partial charge in [-0.25, -0.2) is 8.78 Å². The average Bonchev–Trinajstić information content (AvgIpc) is 3.14. The molecule has 3 aromatic heterocycles. The van der Waals surface area contributed by atoms with Crippen molar-refractivity contribution in [2.75, 3.05) is 0 Å². The molecule has 0 amide bonds. The number of rotatable bonds is 3. The number of pyridine rings is 1. The van der Waals surface area contributed by atoms with Crippen LogP contribution in [-0.4, -0.2) is 30.8 Å². The van der Waals surface area contributed by atoms with Crippen molar-refractivity contribution in [3.8, 4) is 11.1 Å². The maximum atomic E-state index is 13.5. The van der Waals surface area contributed by atoms with Crippen molar-refractivity contribution in [2.24, 2.45) is 5.92 Å². The standard InChI is InChI=1S/C20H23F2N3O3/c1-11-10-25(20(26,27)15-4-6-19(21,22)7-5-15)16-8-14(9-23-18(11)16)17-12(2)24-28-13(17)3/h8-10,15,26-27H,4-7H2,1-3H3. The van der Waals surface area contributed by atoms with Crippen LogP contribution in [0.15, 0.2) is 23.0 Å². The van der Waals surface area contributed by atoms with Crippen LogP contribution >= 0.6 is 0 Å². The second-order valence-electron chi connectivity index (χ2n) is 7.79. The molecule has 0 aromatic carbocycles. The van der Waals surface area contributed by atoms with Crippen LogP contribution in [0.5, 0.6) is 0 Å². The van der Waals surface area contributed by atoms with E-state index in [1.54, 1.807) is 25.4 Å². The maximum absolute atomic E-state index is 13.5. The van der Waals surface area contributed by atoms with Gasteiger partial charge in [-0.05, 0) is 45.2 Å². The highest BCUT2D eigenvalue weighted by molar-refractivity contribution is 5.85. The molecular weight excluding hydrogens is 368 g/mol. The number of alkyl halides is 2. The molecule has 0 saturated heterocycles. The first-order chi connectivity index (χ1) is 13.1. The molecule has 1 saturated carbocycles. The third-order valence-electron chi connectivity index (χ3n) is 5.76. The highest BCUT2D eigenvalue weighted by atomic mass is 19.3. The summed E-state index contributed by atoms with van der Waals surface area (Å²) in [5.74, 6) is -5.06. The first kappa shape index (κ1) is 19.0. The predicted octanol–water partition coefficient (Wildman–Crippen LogP) is 4.04. The molecule has 1 aliphatic rings. The van der Waals surface area contributed by atoms with E-state index in [0.29, 0.717) is 22.5 Å². The Morgan fingerprint density at radius 2 is 1.89 bits per heavy atom. The summed E-state index contributed by atoms with van der Waals surface area (Å²) < 4.78 is 33.6. The van der Waals surface area contributed by atoms with Gasteiger partial charge in [-0.2, -0.15) is 0 Å². The molecule has 150 valence electrons. The van der Waals surface area contributed by atoms with E-state index in [0.717, 1.165) is 16.7 Å². The van der Waals surface area contributed by atoms with E-state index in [4.69, 9.17) is 4.52 Å². The molecule has 1 fully saturated rings. The van der Waals surface area contributed by atoms with Crippen molar-refractivity contribution < 1.29 is 23.5 Å². The topological polar surface area (TPSA) is 84.3 Å². The minimum absolute atomic E-state index is 0.0374. The molecule has 4 rings (SSSR count). The molecule has 3 aromatic rings. The fourth-order valence-electron chi connectivity index (χ4n) is 4.19. The summed E-state index contributed by atoms with van der Waals surface area (Å²) in [4.78, 5) is 4.49. The van der Waals surface area contributed by atoms with E-state index < -0.39 is 17.8 Å². The van der Waals surface area contributed by atoms with E-state index in [9.17, 15) is 19.0 Å². The van der Waals surface area contributed by atoms with Crippen molar-refractivity contribution >= 4 is 11.0 Å². The quantitative estimate of drug-likeness (QED) is 0.659. The summed E-state index contributed by atoms with van der Waals surface area (Å²) in [6.07, 6.45) is 2.69. The first-order valence-electron chi connectivity index (χ1n) is 9.34. The summed E-state index contributed by atoms with van der Waals surface area (Å²) in [5.41, 5.74) is 4.19. The highest BCUT2D eigenvalue weighted by Gasteiger charge is 2.45. The number of hydrogen-bond donors (Lipinski definition) is 2. The Morgan fingerprint density at radius 1 is 1.21 bits per heavy atom. The summed E-state index contributed by atoms with van der Waals surface area (Å²) >= 11 is 0. The second kappa shape index (κ2) is 6.35. The minimum Gasteiger partial charge on any atom is -0.361 e. The number of halogens is 2. The van der Waals surface area contributed by atoms with Crippen molar-refractivity contribution in [2.45, 2.75) is 58.3 Å². The summed E-state index contributed by atoms with van der Waals surface area (Å²) in [6, 6.07) is 1.81. The Labute approximate surface area is 160 Å². The fraction of sp³-hybridized carbons (Fsp3) is 0.500. The van der Waals surface area contributed by atoms with Gasteiger partial charge in [-0.15, -0.1) is 0 Å². The number of hydrogen-bond acceptors (Lipinski definition) is 5. The van der Waals surface area contributed by atoms with Gasteiger partial charge in [0.1, 0.15) is 5.76 Å². The van der Waals surface area contributed by atoms with Gasteiger partial charge in [-0.3, -0.25) is 9.55 Å². The lowest BCUT2D eigenvalue weighted by Crippen LogP contribution is -2.44. The van der Waals surface area contributed by atoms with E-state index in [-0.39, 0.29) is 25.7 Å². The van der Waals surface area contributed by atoms with E-state index in [2.05, 4.69) is 10.1 Å². The van der Waals surface area contributed by atoms with Gasteiger partial charge in [0.2, 0.25) is 5.92 Å². The zero-order valence-electron chi connectivity index (χ0n) is 16.0. The number of aryl methyl sites for hydroxylation is 3. The Hall–Kier alpha value is -2.32. The molecule has 8 heteroatoms. The van der Waals surface area contributed by atoms with Gasteiger partial charge in [0.15, 0.2) is 0 Å². The molecule has 0 radical (unpaired) electrons. The predicted molar refractivity (Wildman–Crippen MR) is 98.8 cm³/mol.